The molecule has 0 radical (unpaired) electrons. The Bertz CT molecular complexity index is 453. The third-order valence-corrected chi connectivity index (χ3v) is 2.11. The van der Waals surface area contributed by atoms with Gasteiger partial charge in [0, 0.05) is 13.5 Å². The third-order valence-electron chi connectivity index (χ3n) is 2.11. The Morgan fingerprint density at radius 3 is 2.93 bits per heavy atom. The van der Waals surface area contributed by atoms with E-state index in [0.29, 0.717) is 6.61 Å². The predicted molar refractivity (Wildman–Crippen MR) is 55.1 cm³/mol. The van der Waals surface area contributed by atoms with Gasteiger partial charge < -0.3 is 9.47 Å². The number of ether oxygens (including phenoxy) is 2. The van der Waals surface area contributed by atoms with Crippen LogP contribution in [0.4, 0.5) is 0 Å². The second-order valence-electron chi connectivity index (χ2n) is 3.14. The summed E-state index contributed by atoms with van der Waals surface area (Å²) < 4.78 is 11.8. The van der Waals surface area contributed by atoms with Crippen LogP contribution in [-0.2, 0) is 11.2 Å². The van der Waals surface area contributed by atoms with Gasteiger partial charge in [0.15, 0.2) is 11.5 Å². The average Bonchev–Trinajstić information content (AvgIpc) is 2.67. The third kappa shape index (κ3) is 2.07. The number of pyridine rings is 1. The molecule has 0 N–H and O–H groups in total. The van der Waals surface area contributed by atoms with E-state index in [-0.39, 0.29) is 0 Å². The van der Waals surface area contributed by atoms with E-state index in [1.807, 2.05) is 12.1 Å². The normalized spacial score (nSPS) is 10.8. The summed E-state index contributed by atoms with van der Waals surface area (Å²) in [5, 5.41) is 4.30. The summed E-state index contributed by atoms with van der Waals surface area (Å²) in [4.78, 5) is 4.34. The average molecular weight is 207 g/mol. The molecule has 0 fully saturated rings. The molecule has 0 unspecified atom stereocenters. The van der Waals surface area contributed by atoms with Crippen LogP contribution in [0.15, 0.2) is 18.3 Å². The highest BCUT2D eigenvalue weighted by Gasteiger charge is 2.03. The Morgan fingerprint density at radius 1 is 1.33 bits per heavy atom. The minimum absolute atomic E-state index is 0.633. The highest BCUT2D eigenvalue weighted by atomic mass is 16.5. The van der Waals surface area contributed by atoms with Crippen molar-refractivity contribution >= 4 is 5.65 Å². The maximum atomic E-state index is 5.10. The molecule has 0 aliphatic rings. The lowest BCUT2D eigenvalue weighted by molar-refractivity contribution is 0.200. The number of hydrogen-bond acceptors (Lipinski definition) is 4. The first-order valence-electron chi connectivity index (χ1n) is 4.71. The second kappa shape index (κ2) is 4.27. The number of methoxy groups -OCH3 is 2. The van der Waals surface area contributed by atoms with Crippen molar-refractivity contribution in [3.63, 3.8) is 0 Å². The van der Waals surface area contributed by atoms with Gasteiger partial charge in [0.05, 0.1) is 19.9 Å². The van der Waals surface area contributed by atoms with Crippen molar-refractivity contribution in [3.05, 3.63) is 24.2 Å². The van der Waals surface area contributed by atoms with Crippen LogP contribution in [0.5, 0.6) is 5.75 Å². The molecule has 0 aromatic carbocycles. The fraction of sp³-hybridized carbons (Fsp3) is 0.400. The second-order valence-corrected chi connectivity index (χ2v) is 3.14. The van der Waals surface area contributed by atoms with Crippen LogP contribution in [0.3, 0.4) is 0 Å². The topological polar surface area (TPSA) is 48.7 Å². The number of aromatic nitrogens is 3. The van der Waals surface area contributed by atoms with Gasteiger partial charge in [-0.3, -0.25) is 0 Å². The molecule has 2 rings (SSSR count). The Kier molecular flexibility index (Phi) is 2.82. The lowest BCUT2D eigenvalue weighted by atomic mass is 10.4. The summed E-state index contributed by atoms with van der Waals surface area (Å²) in [7, 11) is 3.29. The Morgan fingerprint density at radius 2 is 2.20 bits per heavy atom. The molecular formula is C10H13N3O2. The molecule has 0 saturated carbocycles. The summed E-state index contributed by atoms with van der Waals surface area (Å²) in [6.45, 7) is 0.633. The molecule has 0 aliphatic carbocycles. The molecule has 5 nitrogen and oxygen atoms in total. The first-order chi connectivity index (χ1) is 7.33. The van der Waals surface area contributed by atoms with Crippen molar-refractivity contribution in [2.75, 3.05) is 20.8 Å². The fourth-order valence-corrected chi connectivity index (χ4v) is 1.33. The summed E-state index contributed by atoms with van der Waals surface area (Å²) in [5.41, 5.74) is 0.821. The lowest BCUT2D eigenvalue weighted by Crippen LogP contribution is -1.96. The number of fused-ring (bicyclic) bond motifs is 1. The fourth-order valence-electron chi connectivity index (χ4n) is 1.33. The molecule has 0 aliphatic heterocycles. The molecule has 0 saturated heterocycles. The minimum atomic E-state index is 0.633. The van der Waals surface area contributed by atoms with Crippen LogP contribution >= 0.6 is 0 Å². The van der Waals surface area contributed by atoms with Crippen molar-refractivity contribution in [2.24, 2.45) is 0 Å². The molecule has 0 atom stereocenters. The summed E-state index contributed by atoms with van der Waals surface area (Å²) in [6, 6.07) is 3.74. The first kappa shape index (κ1) is 9.92. The van der Waals surface area contributed by atoms with Crippen LogP contribution < -0.4 is 4.74 Å². The van der Waals surface area contributed by atoms with E-state index in [2.05, 4.69) is 10.1 Å². The highest BCUT2D eigenvalue weighted by molar-refractivity contribution is 5.40. The zero-order valence-corrected chi connectivity index (χ0v) is 8.80. The van der Waals surface area contributed by atoms with Gasteiger partial charge in [0.1, 0.15) is 5.75 Å². The summed E-state index contributed by atoms with van der Waals surface area (Å²) in [5.74, 6) is 1.55. The lowest BCUT2D eigenvalue weighted by Gasteiger charge is -1.97. The molecule has 5 heteroatoms. The predicted octanol–water partition coefficient (Wildman–Crippen LogP) is 0.927. The first-order valence-corrected chi connectivity index (χ1v) is 4.71. The van der Waals surface area contributed by atoms with E-state index < -0.39 is 0 Å². The van der Waals surface area contributed by atoms with Gasteiger partial charge in [-0.2, -0.15) is 5.10 Å². The van der Waals surface area contributed by atoms with E-state index >= 15 is 0 Å². The molecule has 2 aromatic rings. The monoisotopic (exact) mass is 207 g/mol. The zero-order chi connectivity index (χ0) is 10.7. The molecule has 2 heterocycles. The van der Waals surface area contributed by atoms with Crippen molar-refractivity contribution in [1.82, 2.24) is 14.6 Å². The van der Waals surface area contributed by atoms with Crippen LogP contribution in [0.1, 0.15) is 5.82 Å². The van der Waals surface area contributed by atoms with Crippen molar-refractivity contribution < 1.29 is 9.47 Å². The van der Waals surface area contributed by atoms with E-state index in [9.17, 15) is 0 Å². The largest absolute Gasteiger partial charge is 0.495 e. The maximum Gasteiger partial charge on any atom is 0.155 e. The number of hydrogen-bond donors (Lipinski definition) is 0. The van der Waals surface area contributed by atoms with Crippen LogP contribution in [0, 0.1) is 0 Å². The number of rotatable bonds is 4. The zero-order valence-electron chi connectivity index (χ0n) is 8.80. The highest BCUT2D eigenvalue weighted by Crippen LogP contribution is 2.11. The van der Waals surface area contributed by atoms with Crippen LogP contribution in [-0.4, -0.2) is 35.4 Å². The van der Waals surface area contributed by atoms with Crippen molar-refractivity contribution in [2.45, 2.75) is 6.42 Å². The van der Waals surface area contributed by atoms with Crippen LogP contribution in [0.2, 0.25) is 0 Å². The van der Waals surface area contributed by atoms with Crippen molar-refractivity contribution in [1.29, 1.82) is 0 Å². The molecule has 80 valence electrons. The molecule has 0 spiro atoms. The van der Waals surface area contributed by atoms with Gasteiger partial charge in [-0.25, -0.2) is 9.50 Å². The number of nitrogens with zero attached hydrogens (tertiary/aromatic N) is 3. The van der Waals surface area contributed by atoms with E-state index in [0.717, 1.165) is 23.6 Å². The van der Waals surface area contributed by atoms with Gasteiger partial charge in [0.2, 0.25) is 0 Å². The summed E-state index contributed by atoms with van der Waals surface area (Å²) in [6.07, 6.45) is 2.53. The Hall–Kier alpha value is -1.62. The van der Waals surface area contributed by atoms with Crippen LogP contribution in [0.25, 0.3) is 5.65 Å². The van der Waals surface area contributed by atoms with E-state index in [1.165, 1.54) is 0 Å². The standard InChI is InChI=1S/C10H13N3O2/c1-14-6-5-9-11-10-4-3-8(15-2)7-13(10)12-9/h3-4,7H,5-6H2,1-2H3. The summed E-state index contributed by atoms with van der Waals surface area (Å²) >= 11 is 0. The van der Waals surface area contributed by atoms with E-state index in [1.54, 1.807) is 24.9 Å². The van der Waals surface area contributed by atoms with Gasteiger partial charge in [-0.05, 0) is 12.1 Å². The molecule has 0 amide bonds. The van der Waals surface area contributed by atoms with Gasteiger partial charge in [-0.15, -0.1) is 0 Å². The molecule has 2 aromatic heterocycles. The minimum Gasteiger partial charge on any atom is -0.495 e. The Labute approximate surface area is 87.6 Å². The molecule has 15 heavy (non-hydrogen) atoms. The smallest absolute Gasteiger partial charge is 0.155 e. The Balaban J connectivity index is 2.29. The SMILES string of the molecule is COCCc1nc2ccc(OC)cn2n1. The quantitative estimate of drug-likeness (QED) is 0.748. The maximum absolute atomic E-state index is 5.10. The van der Waals surface area contributed by atoms with Crippen molar-refractivity contribution in [3.8, 4) is 5.75 Å². The molecular weight excluding hydrogens is 194 g/mol. The van der Waals surface area contributed by atoms with Gasteiger partial charge in [-0.1, -0.05) is 0 Å². The van der Waals surface area contributed by atoms with E-state index in [4.69, 9.17) is 9.47 Å². The molecule has 0 bridgehead atoms. The van der Waals surface area contributed by atoms with Gasteiger partial charge >= 0.3 is 0 Å². The van der Waals surface area contributed by atoms with Gasteiger partial charge in [0.25, 0.3) is 0 Å².